The van der Waals surface area contributed by atoms with Gasteiger partial charge in [-0.25, -0.2) is 4.98 Å². The van der Waals surface area contributed by atoms with Gasteiger partial charge in [-0.1, -0.05) is 34.8 Å². The highest BCUT2D eigenvalue weighted by Crippen LogP contribution is 2.25. The maximum Gasteiger partial charge on any atom is 0.270 e. The molecule has 17 heavy (non-hydrogen) atoms. The van der Waals surface area contributed by atoms with Crippen LogP contribution in [0.2, 0.25) is 15.1 Å². The van der Waals surface area contributed by atoms with Crippen molar-refractivity contribution in [1.29, 1.82) is 0 Å². The van der Waals surface area contributed by atoms with Crippen molar-refractivity contribution in [2.75, 3.05) is 0 Å². The molecule has 0 atom stereocenters. The molecule has 2 rings (SSSR count). The summed E-state index contributed by atoms with van der Waals surface area (Å²) in [6.45, 7) is 1.66. The Morgan fingerprint density at radius 3 is 2.24 bits per heavy atom. The van der Waals surface area contributed by atoms with Crippen LogP contribution in [0.4, 0.5) is 0 Å². The third-order valence-electron chi connectivity index (χ3n) is 2.16. The molecule has 0 aliphatic heterocycles. The summed E-state index contributed by atoms with van der Waals surface area (Å²) in [6.07, 6.45) is 0. The zero-order chi connectivity index (χ0) is 12.6. The van der Waals surface area contributed by atoms with E-state index in [-0.39, 0.29) is 10.6 Å². The van der Waals surface area contributed by atoms with Crippen LogP contribution < -0.4 is 5.56 Å². The zero-order valence-electron chi connectivity index (χ0n) is 8.72. The lowest BCUT2D eigenvalue weighted by Gasteiger charge is -2.04. The predicted octanol–water partition coefficient (Wildman–Crippen LogP) is 3.71. The molecular formula is C11H7Cl3N2O. The van der Waals surface area contributed by atoms with E-state index in [1.165, 1.54) is 0 Å². The van der Waals surface area contributed by atoms with E-state index in [0.29, 0.717) is 27.1 Å². The first-order chi connectivity index (χ1) is 7.97. The highest BCUT2D eigenvalue weighted by Gasteiger charge is 2.08. The number of hydrogen-bond donors (Lipinski definition) is 1. The summed E-state index contributed by atoms with van der Waals surface area (Å²) in [6, 6.07) is 4.94. The number of hydrogen-bond acceptors (Lipinski definition) is 2. The van der Waals surface area contributed by atoms with E-state index in [1.807, 2.05) is 0 Å². The maximum atomic E-state index is 11.5. The Bertz CT molecular complexity index is 617. The molecule has 1 aromatic heterocycles. The largest absolute Gasteiger partial charge is 0.305 e. The van der Waals surface area contributed by atoms with Crippen LogP contribution in [0.1, 0.15) is 5.69 Å². The van der Waals surface area contributed by atoms with Crippen LogP contribution in [-0.4, -0.2) is 9.97 Å². The molecule has 0 unspecified atom stereocenters. The first-order valence-electron chi connectivity index (χ1n) is 4.70. The molecule has 0 saturated heterocycles. The lowest BCUT2D eigenvalue weighted by Crippen LogP contribution is -2.11. The first-order valence-corrected chi connectivity index (χ1v) is 5.83. The molecule has 1 heterocycles. The van der Waals surface area contributed by atoms with Gasteiger partial charge in [-0.2, -0.15) is 0 Å². The van der Waals surface area contributed by atoms with E-state index in [2.05, 4.69) is 9.97 Å². The molecular weight excluding hydrogens is 282 g/mol. The summed E-state index contributed by atoms with van der Waals surface area (Å²) in [7, 11) is 0. The molecule has 0 spiro atoms. The molecule has 88 valence electrons. The summed E-state index contributed by atoms with van der Waals surface area (Å²) >= 11 is 17.5. The van der Waals surface area contributed by atoms with Gasteiger partial charge < -0.3 is 4.98 Å². The minimum Gasteiger partial charge on any atom is -0.305 e. The van der Waals surface area contributed by atoms with Crippen LogP contribution in [0, 0.1) is 6.92 Å². The number of aromatic amines is 1. The van der Waals surface area contributed by atoms with E-state index in [1.54, 1.807) is 25.1 Å². The molecule has 6 heteroatoms. The van der Waals surface area contributed by atoms with Gasteiger partial charge >= 0.3 is 0 Å². The molecule has 0 amide bonds. The number of benzene rings is 1. The van der Waals surface area contributed by atoms with E-state index in [0.717, 1.165) is 0 Å². The van der Waals surface area contributed by atoms with E-state index < -0.39 is 0 Å². The minimum absolute atomic E-state index is 0.0851. The summed E-state index contributed by atoms with van der Waals surface area (Å²) in [5.74, 6) is 0.390. The molecule has 0 bridgehead atoms. The molecule has 3 nitrogen and oxygen atoms in total. The number of nitrogens with zero attached hydrogens (tertiary/aromatic N) is 1. The quantitative estimate of drug-likeness (QED) is 0.870. The number of aromatic nitrogens is 2. The number of nitrogens with one attached hydrogen (secondary N) is 1. The molecule has 1 aromatic carbocycles. The van der Waals surface area contributed by atoms with E-state index in [4.69, 9.17) is 34.8 Å². The third-order valence-corrected chi connectivity index (χ3v) is 3.05. The van der Waals surface area contributed by atoms with Crippen molar-refractivity contribution in [3.63, 3.8) is 0 Å². The molecule has 0 fully saturated rings. The Morgan fingerprint density at radius 2 is 1.71 bits per heavy atom. The lowest BCUT2D eigenvalue weighted by atomic mass is 10.2. The average Bonchev–Trinajstić information content (AvgIpc) is 2.23. The van der Waals surface area contributed by atoms with Gasteiger partial charge in [0, 0.05) is 15.6 Å². The average molecular weight is 290 g/mol. The highest BCUT2D eigenvalue weighted by atomic mass is 35.5. The fourth-order valence-corrected chi connectivity index (χ4v) is 2.01. The van der Waals surface area contributed by atoms with Gasteiger partial charge in [-0.15, -0.1) is 0 Å². The zero-order valence-corrected chi connectivity index (χ0v) is 11.0. The summed E-state index contributed by atoms with van der Waals surface area (Å²) in [5.41, 5.74) is 0.714. The van der Waals surface area contributed by atoms with E-state index in [9.17, 15) is 4.79 Å². The minimum atomic E-state index is -0.384. The number of aryl methyl sites for hydroxylation is 1. The van der Waals surface area contributed by atoms with Gasteiger partial charge in [0.15, 0.2) is 0 Å². The molecule has 1 N–H and O–H groups in total. The number of H-pyrrole nitrogens is 1. The van der Waals surface area contributed by atoms with Crippen molar-refractivity contribution in [2.24, 2.45) is 0 Å². The van der Waals surface area contributed by atoms with Crippen molar-refractivity contribution < 1.29 is 0 Å². The fraction of sp³-hybridized carbons (Fsp3) is 0.0909. The van der Waals surface area contributed by atoms with Crippen molar-refractivity contribution >= 4 is 34.8 Å². The normalized spacial score (nSPS) is 10.6. The Balaban J connectivity index is 2.65. The summed E-state index contributed by atoms with van der Waals surface area (Å²) < 4.78 is 0. The molecule has 2 aromatic rings. The van der Waals surface area contributed by atoms with Gasteiger partial charge in [-0.05, 0) is 25.1 Å². The van der Waals surface area contributed by atoms with Gasteiger partial charge in [0.25, 0.3) is 5.56 Å². The van der Waals surface area contributed by atoms with Crippen molar-refractivity contribution in [1.82, 2.24) is 9.97 Å². The summed E-state index contributed by atoms with van der Waals surface area (Å²) in [5, 5.41) is 1.03. The van der Waals surface area contributed by atoms with Crippen molar-refractivity contribution in [3.05, 3.63) is 49.3 Å². The Hall–Kier alpha value is -1.03. The Morgan fingerprint density at radius 1 is 1.12 bits per heavy atom. The Labute approximate surface area is 112 Å². The SMILES string of the molecule is Cc1nc(-c2cc(Cl)cc(Cl)c2)[nH]c(=O)c1Cl. The highest BCUT2D eigenvalue weighted by molar-refractivity contribution is 6.35. The standard InChI is InChI=1S/C11H7Cl3N2O/c1-5-9(14)11(17)16-10(15-5)6-2-7(12)4-8(13)3-6/h2-4H,1H3,(H,15,16,17). The van der Waals surface area contributed by atoms with Crippen LogP contribution >= 0.6 is 34.8 Å². The molecule has 0 aliphatic carbocycles. The second-order valence-corrected chi connectivity index (χ2v) is 4.72. The van der Waals surface area contributed by atoms with Crippen molar-refractivity contribution in [2.45, 2.75) is 6.92 Å². The summed E-state index contributed by atoms with van der Waals surface area (Å²) in [4.78, 5) is 18.3. The van der Waals surface area contributed by atoms with Gasteiger partial charge in [-0.3, -0.25) is 4.79 Å². The van der Waals surface area contributed by atoms with Crippen LogP contribution in [0.5, 0.6) is 0 Å². The van der Waals surface area contributed by atoms with Gasteiger partial charge in [0.2, 0.25) is 0 Å². The van der Waals surface area contributed by atoms with Gasteiger partial charge in [0.1, 0.15) is 10.8 Å². The maximum absolute atomic E-state index is 11.5. The number of halogens is 3. The molecule has 0 radical (unpaired) electrons. The smallest absolute Gasteiger partial charge is 0.270 e. The molecule has 0 aliphatic rings. The van der Waals surface area contributed by atoms with Crippen LogP contribution in [0.15, 0.2) is 23.0 Å². The third kappa shape index (κ3) is 2.63. The van der Waals surface area contributed by atoms with Crippen LogP contribution in [0.25, 0.3) is 11.4 Å². The number of rotatable bonds is 1. The second-order valence-electron chi connectivity index (χ2n) is 3.47. The second kappa shape index (κ2) is 4.69. The predicted molar refractivity (Wildman–Crippen MR) is 70.1 cm³/mol. The fourth-order valence-electron chi connectivity index (χ4n) is 1.40. The lowest BCUT2D eigenvalue weighted by molar-refractivity contribution is 1.07. The van der Waals surface area contributed by atoms with Crippen LogP contribution in [-0.2, 0) is 0 Å². The monoisotopic (exact) mass is 288 g/mol. The molecule has 0 saturated carbocycles. The van der Waals surface area contributed by atoms with Crippen LogP contribution in [0.3, 0.4) is 0 Å². The van der Waals surface area contributed by atoms with Gasteiger partial charge in [0.05, 0.1) is 5.69 Å². The van der Waals surface area contributed by atoms with E-state index >= 15 is 0 Å². The Kier molecular flexibility index (Phi) is 3.43. The first kappa shape index (κ1) is 12.4. The topological polar surface area (TPSA) is 45.8 Å². The van der Waals surface area contributed by atoms with Crippen molar-refractivity contribution in [3.8, 4) is 11.4 Å².